The lowest BCUT2D eigenvalue weighted by Gasteiger charge is -2.27. The average molecular weight is 455 g/mol. The Hall–Kier alpha value is -1.31. The van der Waals surface area contributed by atoms with E-state index in [2.05, 4.69) is 16.0 Å². The molecule has 4 nitrogen and oxygen atoms in total. The third kappa shape index (κ3) is 6.45. The van der Waals surface area contributed by atoms with Crippen molar-refractivity contribution in [3.05, 3.63) is 64.9 Å². The SMILES string of the molecule is O=C(N[C@H](NC(=S)Nc1ccc(Cl)cc1)C(Cl)(Cl)Cl)c1ccc(F)cc1. The van der Waals surface area contributed by atoms with Gasteiger partial charge in [0, 0.05) is 16.3 Å². The summed E-state index contributed by atoms with van der Waals surface area (Å²) in [7, 11) is 0. The average Bonchev–Trinajstić information content (AvgIpc) is 2.56. The molecule has 0 fully saturated rings. The highest BCUT2D eigenvalue weighted by molar-refractivity contribution is 7.80. The van der Waals surface area contributed by atoms with E-state index >= 15 is 0 Å². The summed E-state index contributed by atoms with van der Waals surface area (Å²) in [5.41, 5.74) is 0.851. The Labute approximate surface area is 174 Å². The molecule has 0 saturated carbocycles. The lowest BCUT2D eigenvalue weighted by molar-refractivity contribution is 0.0934. The molecule has 1 amide bonds. The van der Waals surface area contributed by atoms with Gasteiger partial charge < -0.3 is 16.0 Å². The van der Waals surface area contributed by atoms with Gasteiger partial charge in [-0.1, -0.05) is 46.4 Å². The predicted molar refractivity (Wildman–Crippen MR) is 109 cm³/mol. The van der Waals surface area contributed by atoms with Crippen molar-refractivity contribution < 1.29 is 9.18 Å². The zero-order valence-corrected chi connectivity index (χ0v) is 16.7. The highest BCUT2D eigenvalue weighted by Crippen LogP contribution is 2.29. The zero-order valence-electron chi connectivity index (χ0n) is 12.9. The third-order valence-electron chi connectivity index (χ3n) is 3.09. The summed E-state index contributed by atoms with van der Waals surface area (Å²) < 4.78 is 11.1. The van der Waals surface area contributed by atoms with Gasteiger partial charge in [-0.25, -0.2) is 4.39 Å². The van der Waals surface area contributed by atoms with Gasteiger partial charge in [-0.05, 0) is 60.7 Å². The Balaban J connectivity index is 2.04. The summed E-state index contributed by atoms with van der Waals surface area (Å²) >= 11 is 28.7. The summed E-state index contributed by atoms with van der Waals surface area (Å²) in [5, 5.41) is 8.78. The van der Waals surface area contributed by atoms with Crippen LogP contribution < -0.4 is 16.0 Å². The van der Waals surface area contributed by atoms with Crippen LogP contribution in [0.3, 0.4) is 0 Å². The molecule has 2 aromatic carbocycles. The van der Waals surface area contributed by atoms with Crippen LogP contribution in [0.5, 0.6) is 0 Å². The van der Waals surface area contributed by atoms with Gasteiger partial charge in [-0.15, -0.1) is 0 Å². The maximum absolute atomic E-state index is 13.0. The van der Waals surface area contributed by atoms with Crippen LogP contribution in [0.25, 0.3) is 0 Å². The minimum atomic E-state index is -1.90. The molecule has 3 N–H and O–H groups in total. The van der Waals surface area contributed by atoms with Crippen LogP contribution >= 0.6 is 58.6 Å². The number of nitrogens with one attached hydrogen (secondary N) is 3. The van der Waals surface area contributed by atoms with Gasteiger partial charge in [0.05, 0.1) is 0 Å². The Bertz CT molecular complexity index is 782. The predicted octanol–water partition coefficient (Wildman–Crippen LogP) is 4.89. The third-order valence-corrected chi connectivity index (χ3v) is 4.21. The number of amides is 1. The van der Waals surface area contributed by atoms with Crippen LogP contribution in [-0.4, -0.2) is 21.0 Å². The highest BCUT2D eigenvalue weighted by atomic mass is 35.6. The number of hydrogen-bond donors (Lipinski definition) is 3. The minimum absolute atomic E-state index is 0.114. The van der Waals surface area contributed by atoms with Crippen molar-refractivity contribution in [1.29, 1.82) is 0 Å². The minimum Gasteiger partial charge on any atom is -0.339 e. The van der Waals surface area contributed by atoms with Crippen LogP contribution in [0.2, 0.25) is 5.02 Å². The maximum atomic E-state index is 13.0. The number of anilines is 1. The van der Waals surface area contributed by atoms with Gasteiger partial charge in [0.25, 0.3) is 5.91 Å². The first-order chi connectivity index (χ1) is 12.1. The van der Waals surface area contributed by atoms with Gasteiger partial charge in [0.15, 0.2) is 5.11 Å². The molecule has 0 aliphatic carbocycles. The first-order valence-corrected chi connectivity index (χ1v) is 9.03. The first kappa shape index (κ1) is 21.0. The summed E-state index contributed by atoms with van der Waals surface area (Å²) in [6.45, 7) is 0. The highest BCUT2D eigenvalue weighted by Gasteiger charge is 2.34. The van der Waals surface area contributed by atoms with Crippen molar-refractivity contribution in [2.24, 2.45) is 0 Å². The van der Waals surface area contributed by atoms with E-state index in [1.54, 1.807) is 24.3 Å². The molecule has 2 aromatic rings. The monoisotopic (exact) mass is 453 g/mol. The Morgan fingerprint density at radius 1 is 1.00 bits per heavy atom. The fourth-order valence-electron chi connectivity index (χ4n) is 1.85. The number of carbonyl (C=O) groups is 1. The fraction of sp³-hybridized carbons (Fsp3) is 0.125. The number of benzene rings is 2. The fourth-order valence-corrected chi connectivity index (χ4v) is 2.54. The second kappa shape index (κ2) is 9.06. The number of halogens is 5. The molecule has 1 atom stereocenters. The van der Waals surface area contributed by atoms with Crippen molar-refractivity contribution in [2.45, 2.75) is 9.96 Å². The van der Waals surface area contributed by atoms with Crippen LogP contribution in [0, 0.1) is 5.82 Å². The van der Waals surface area contributed by atoms with E-state index in [0.717, 1.165) is 12.1 Å². The van der Waals surface area contributed by atoms with E-state index in [1.165, 1.54) is 12.1 Å². The van der Waals surface area contributed by atoms with E-state index in [4.69, 9.17) is 58.6 Å². The van der Waals surface area contributed by atoms with Gasteiger partial charge in [-0.2, -0.15) is 0 Å². The van der Waals surface area contributed by atoms with Crippen molar-refractivity contribution in [2.75, 3.05) is 5.32 Å². The summed E-state index contributed by atoms with van der Waals surface area (Å²) in [6.07, 6.45) is -1.14. The van der Waals surface area contributed by atoms with Crippen molar-refractivity contribution in [1.82, 2.24) is 10.6 Å². The molecule has 0 unspecified atom stereocenters. The van der Waals surface area contributed by atoms with Gasteiger partial charge in [-0.3, -0.25) is 4.79 Å². The molecule has 0 radical (unpaired) electrons. The van der Waals surface area contributed by atoms with Crippen LogP contribution in [0.4, 0.5) is 10.1 Å². The van der Waals surface area contributed by atoms with Crippen molar-refractivity contribution in [3.63, 3.8) is 0 Å². The van der Waals surface area contributed by atoms with E-state index in [0.29, 0.717) is 10.7 Å². The topological polar surface area (TPSA) is 53.2 Å². The Morgan fingerprint density at radius 2 is 1.58 bits per heavy atom. The quantitative estimate of drug-likeness (QED) is 0.349. The summed E-state index contributed by atoms with van der Waals surface area (Å²) in [5.74, 6) is -1.03. The van der Waals surface area contributed by atoms with E-state index in [-0.39, 0.29) is 10.7 Å². The normalized spacial score (nSPS) is 12.2. The molecule has 0 spiro atoms. The molecule has 26 heavy (non-hydrogen) atoms. The molecule has 0 aliphatic heterocycles. The molecular weight excluding hydrogens is 443 g/mol. The lowest BCUT2D eigenvalue weighted by Crippen LogP contribution is -2.56. The number of hydrogen-bond acceptors (Lipinski definition) is 2. The van der Waals surface area contributed by atoms with E-state index < -0.39 is 21.7 Å². The number of rotatable bonds is 4. The Kier molecular flexibility index (Phi) is 7.32. The van der Waals surface area contributed by atoms with Crippen LogP contribution in [0.15, 0.2) is 48.5 Å². The van der Waals surface area contributed by atoms with Crippen LogP contribution in [0.1, 0.15) is 10.4 Å². The Morgan fingerprint density at radius 3 is 2.12 bits per heavy atom. The van der Waals surface area contributed by atoms with Crippen molar-refractivity contribution >= 4 is 75.3 Å². The zero-order chi connectivity index (χ0) is 19.3. The maximum Gasteiger partial charge on any atom is 0.252 e. The summed E-state index contributed by atoms with van der Waals surface area (Å²) in [4.78, 5) is 12.3. The van der Waals surface area contributed by atoms with Crippen molar-refractivity contribution in [3.8, 4) is 0 Å². The van der Waals surface area contributed by atoms with Crippen LogP contribution in [-0.2, 0) is 0 Å². The number of alkyl halides is 3. The standard InChI is InChI=1S/C16H12Cl4FN3OS/c17-10-3-7-12(8-4-10)22-15(26)24-14(16(18,19)20)23-13(25)9-1-5-11(21)6-2-9/h1-8,14H,(H,23,25)(H2,22,24,26)/t14-/m1/s1. The van der Waals surface area contributed by atoms with E-state index in [9.17, 15) is 9.18 Å². The largest absolute Gasteiger partial charge is 0.339 e. The van der Waals surface area contributed by atoms with E-state index in [1.807, 2.05) is 0 Å². The molecule has 0 aliphatic rings. The molecule has 0 bridgehead atoms. The number of carbonyl (C=O) groups excluding carboxylic acids is 1. The van der Waals surface area contributed by atoms with Gasteiger partial charge in [0.2, 0.25) is 3.79 Å². The smallest absolute Gasteiger partial charge is 0.252 e. The second-order valence-corrected chi connectivity index (χ2v) is 8.27. The summed E-state index contributed by atoms with van der Waals surface area (Å²) in [6, 6.07) is 11.7. The molecular formula is C16H12Cl4FN3OS. The molecule has 0 saturated heterocycles. The first-order valence-electron chi connectivity index (χ1n) is 7.11. The molecule has 10 heteroatoms. The molecule has 2 rings (SSSR count). The molecule has 0 heterocycles. The lowest BCUT2D eigenvalue weighted by atomic mass is 10.2. The van der Waals surface area contributed by atoms with Gasteiger partial charge in [0.1, 0.15) is 12.0 Å². The van der Waals surface area contributed by atoms with Gasteiger partial charge >= 0.3 is 0 Å². The molecule has 138 valence electrons. The molecule has 0 aromatic heterocycles. The number of thiocarbonyl (C=S) groups is 1. The second-order valence-electron chi connectivity index (χ2n) is 5.06.